The summed E-state index contributed by atoms with van der Waals surface area (Å²) in [5.74, 6) is 2.34. The Balaban J connectivity index is 1.78. The van der Waals surface area contributed by atoms with Gasteiger partial charge in [0, 0.05) is 39.8 Å². The van der Waals surface area contributed by atoms with Gasteiger partial charge in [0.1, 0.15) is 0 Å². The van der Waals surface area contributed by atoms with E-state index in [0.29, 0.717) is 13.2 Å². The fourth-order valence-electron chi connectivity index (χ4n) is 2.72. The first-order valence-corrected chi connectivity index (χ1v) is 9.31. The predicted molar refractivity (Wildman–Crippen MR) is 104 cm³/mol. The van der Waals surface area contributed by atoms with Crippen LogP contribution in [0.5, 0.6) is 11.5 Å². The molecule has 0 atom stereocenters. The van der Waals surface area contributed by atoms with Crippen molar-refractivity contribution in [3.8, 4) is 11.5 Å². The van der Waals surface area contributed by atoms with E-state index in [2.05, 4.69) is 27.4 Å². The maximum absolute atomic E-state index is 5.69. The number of benzene rings is 1. The van der Waals surface area contributed by atoms with Crippen LogP contribution in [0, 0.1) is 0 Å². The standard InChI is InChI=1S/C19H32N4O3/c1-4-11-26-17-6-5-16(14-18(17)24-3)15-22-19(20-2)21-7-8-23-9-12-25-13-10-23/h5-6,14H,4,7-13,15H2,1-3H3,(H2,20,21,22). The van der Waals surface area contributed by atoms with Crippen molar-refractivity contribution in [2.75, 3.05) is 60.2 Å². The second-order valence-corrected chi connectivity index (χ2v) is 6.14. The molecule has 0 saturated carbocycles. The van der Waals surface area contributed by atoms with Crippen molar-refractivity contribution in [1.29, 1.82) is 0 Å². The van der Waals surface area contributed by atoms with Gasteiger partial charge in [0.05, 0.1) is 26.9 Å². The minimum Gasteiger partial charge on any atom is -0.493 e. The maximum atomic E-state index is 5.69. The molecular formula is C19H32N4O3. The summed E-state index contributed by atoms with van der Waals surface area (Å²) in [5, 5.41) is 6.69. The number of nitrogens with zero attached hydrogens (tertiary/aromatic N) is 2. The molecule has 7 heteroatoms. The minimum atomic E-state index is 0.668. The number of hydrogen-bond acceptors (Lipinski definition) is 5. The molecule has 146 valence electrons. The van der Waals surface area contributed by atoms with E-state index in [9.17, 15) is 0 Å². The average molecular weight is 364 g/mol. The first-order chi connectivity index (χ1) is 12.8. The Labute approximate surface area is 156 Å². The molecule has 2 N–H and O–H groups in total. The molecule has 1 aromatic rings. The smallest absolute Gasteiger partial charge is 0.191 e. The van der Waals surface area contributed by atoms with Gasteiger partial charge >= 0.3 is 0 Å². The third-order valence-electron chi connectivity index (χ3n) is 4.20. The molecule has 0 aliphatic carbocycles. The molecule has 1 heterocycles. The lowest BCUT2D eigenvalue weighted by atomic mass is 10.2. The summed E-state index contributed by atoms with van der Waals surface area (Å²) in [6.45, 7) is 8.94. The zero-order valence-corrected chi connectivity index (χ0v) is 16.2. The van der Waals surface area contributed by atoms with E-state index < -0.39 is 0 Å². The van der Waals surface area contributed by atoms with Crippen LogP contribution in [0.25, 0.3) is 0 Å². The molecule has 26 heavy (non-hydrogen) atoms. The molecule has 1 aromatic carbocycles. The lowest BCUT2D eigenvalue weighted by Crippen LogP contribution is -2.44. The van der Waals surface area contributed by atoms with Crippen molar-refractivity contribution in [2.45, 2.75) is 19.9 Å². The van der Waals surface area contributed by atoms with E-state index in [1.165, 1.54) is 0 Å². The van der Waals surface area contributed by atoms with Crippen LogP contribution in [0.4, 0.5) is 0 Å². The molecular weight excluding hydrogens is 332 g/mol. The summed E-state index contributed by atoms with van der Waals surface area (Å²) in [6.07, 6.45) is 0.971. The van der Waals surface area contributed by atoms with Crippen LogP contribution in [0.15, 0.2) is 23.2 Å². The highest BCUT2D eigenvalue weighted by Gasteiger charge is 2.10. The van der Waals surface area contributed by atoms with Crippen LogP contribution >= 0.6 is 0 Å². The number of ether oxygens (including phenoxy) is 3. The third kappa shape index (κ3) is 6.72. The number of morpholine rings is 1. The molecule has 1 saturated heterocycles. The van der Waals surface area contributed by atoms with Gasteiger partial charge in [0.15, 0.2) is 17.5 Å². The second-order valence-electron chi connectivity index (χ2n) is 6.14. The average Bonchev–Trinajstić information content (AvgIpc) is 2.70. The van der Waals surface area contributed by atoms with Crippen LogP contribution in [-0.2, 0) is 11.3 Å². The van der Waals surface area contributed by atoms with E-state index in [4.69, 9.17) is 14.2 Å². The molecule has 1 aliphatic heterocycles. The van der Waals surface area contributed by atoms with Crippen molar-refractivity contribution in [3.05, 3.63) is 23.8 Å². The zero-order chi connectivity index (χ0) is 18.6. The van der Waals surface area contributed by atoms with Crippen LogP contribution in [0.2, 0.25) is 0 Å². The number of rotatable bonds is 9. The topological polar surface area (TPSA) is 67.4 Å². The van der Waals surface area contributed by atoms with Gasteiger partial charge in [-0.25, -0.2) is 0 Å². The molecule has 0 spiro atoms. The molecule has 1 aliphatic rings. The summed E-state index contributed by atoms with van der Waals surface area (Å²) in [5.41, 5.74) is 1.11. The number of nitrogens with one attached hydrogen (secondary N) is 2. The van der Waals surface area contributed by atoms with Crippen molar-refractivity contribution in [3.63, 3.8) is 0 Å². The fraction of sp³-hybridized carbons (Fsp3) is 0.632. The molecule has 0 radical (unpaired) electrons. The van der Waals surface area contributed by atoms with Crippen LogP contribution in [0.3, 0.4) is 0 Å². The Hall–Kier alpha value is -1.99. The zero-order valence-electron chi connectivity index (χ0n) is 16.2. The van der Waals surface area contributed by atoms with E-state index >= 15 is 0 Å². The van der Waals surface area contributed by atoms with Crippen LogP contribution in [-0.4, -0.2) is 71.0 Å². The Morgan fingerprint density at radius 3 is 2.73 bits per heavy atom. The van der Waals surface area contributed by atoms with Gasteiger partial charge in [-0.3, -0.25) is 9.89 Å². The van der Waals surface area contributed by atoms with Crippen molar-refractivity contribution < 1.29 is 14.2 Å². The highest BCUT2D eigenvalue weighted by Crippen LogP contribution is 2.28. The van der Waals surface area contributed by atoms with E-state index in [-0.39, 0.29) is 0 Å². The van der Waals surface area contributed by atoms with Crippen molar-refractivity contribution in [1.82, 2.24) is 15.5 Å². The minimum absolute atomic E-state index is 0.668. The second kappa shape index (κ2) is 11.6. The van der Waals surface area contributed by atoms with E-state index in [1.54, 1.807) is 14.2 Å². The largest absolute Gasteiger partial charge is 0.493 e. The van der Waals surface area contributed by atoms with Gasteiger partial charge in [-0.2, -0.15) is 0 Å². The number of methoxy groups -OCH3 is 1. The van der Waals surface area contributed by atoms with Gasteiger partial charge in [-0.1, -0.05) is 13.0 Å². The normalized spacial score (nSPS) is 15.6. The van der Waals surface area contributed by atoms with Gasteiger partial charge in [0.2, 0.25) is 0 Å². The van der Waals surface area contributed by atoms with Gasteiger partial charge in [-0.05, 0) is 24.1 Å². The third-order valence-corrected chi connectivity index (χ3v) is 4.20. The fourth-order valence-corrected chi connectivity index (χ4v) is 2.72. The summed E-state index contributed by atoms with van der Waals surface area (Å²) in [6, 6.07) is 6.00. The van der Waals surface area contributed by atoms with Crippen molar-refractivity contribution >= 4 is 5.96 Å². The highest BCUT2D eigenvalue weighted by atomic mass is 16.5. The maximum Gasteiger partial charge on any atom is 0.191 e. The van der Waals surface area contributed by atoms with E-state index in [1.807, 2.05) is 18.2 Å². The van der Waals surface area contributed by atoms with E-state index in [0.717, 1.165) is 68.8 Å². The number of hydrogen-bond donors (Lipinski definition) is 2. The number of aliphatic imine (C=N–C) groups is 1. The molecule has 0 aromatic heterocycles. The summed E-state index contributed by atoms with van der Waals surface area (Å²) in [7, 11) is 3.45. The predicted octanol–water partition coefficient (Wildman–Crippen LogP) is 1.48. The lowest BCUT2D eigenvalue weighted by Gasteiger charge is -2.26. The molecule has 1 fully saturated rings. The monoisotopic (exact) mass is 364 g/mol. The lowest BCUT2D eigenvalue weighted by molar-refractivity contribution is 0.0389. The summed E-state index contributed by atoms with van der Waals surface area (Å²) in [4.78, 5) is 6.67. The summed E-state index contributed by atoms with van der Waals surface area (Å²) >= 11 is 0. The molecule has 0 amide bonds. The number of guanidine groups is 1. The van der Waals surface area contributed by atoms with Gasteiger partial charge < -0.3 is 24.8 Å². The Bertz CT molecular complexity index is 560. The summed E-state index contributed by atoms with van der Waals surface area (Å²) < 4.78 is 16.5. The van der Waals surface area contributed by atoms with Crippen LogP contribution < -0.4 is 20.1 Å². The van der Waals surface area contributed by atoms with Crippen molar-refractivity contribution in [2.24, 2.45) is 4.99 Å². The Morgan fingerprint density at radius 1 is 1.23 bits per heavy atom. The van der Waals surface area contributed by atoms with Gasteiger partial charge in [0.25, 0.3) is 0 Å². The quantitative estimate of drug-likeness (QED) is 0.511. The molecule has 7 nitrogen and oxygen atoms in total. The molecule has 0 bridgehead atoms. The molecule has 2 rings (SSSR count). The SMILES string of the molecule is CCCOc1ccc(CNC(=NC)NCCN2CCOCC2)cc1OC. The Morgan fingerprint density at radius 2 is 2.04 bits per heavy atom. The van der Waals surface area contributed by atoms with Crippen LogP contribution in [0.1, 0.15) is 18.9 Å². The first-order valence-electron chi connectivity index (χ1n) is 9.31. The first kappa shape index (κ1) is 20.3. The highest BCUT2D eigenvalue weighted by molar-refractivity contribution is 5.79. The molecule has 0 unspecified atom stereocenters. The Kier molecular flexibility index (Phi) is 9.06. The van der Waals surface area contributed by atoms with Gasteiger partial charge in [-0.15, -0.1) is 0 Å².